The van der Waals surface area contributed by atoms with Crippen molar-refractivity contribution in [2.45, 2.75) is 32.3 Å². The predicted molar refractivity (Wildman–Crippen MR) is 148 cm³/mol. The van der Waals surface area contributed by atoms with Crippen molar-refractivity contribution in [1.82, 2.24) is 9.80 Å². The van der Waals surface area contributed by atoms with E-state index >= 15 is 0 Å². The highest BCUT2D eigenvalue weighted by Crippen LogP contribution is 2.32. The number of carbonyl (C=O) groups is 1. The lowest BCUT2D eigenvalue weighted by molar-refractivity contribution is -0.130. The van der Waals surface area contributed by atoms with Gasteiger partial charge in [-0.3, -0.25) is 4.79 Å². The summed E-state index contributed by atoms with van der Waals surface area (Å²) in [5.41, 5.74) is 4.19. The van der Waals surface area contributed by atoms with Gasteiger partial charge in [-0.2, -0.15) is 0 Å². The smallest absolute Gasteiger partial charge is 0.227 e. The molecule has 3 aromatic carbocycles. The molecule has 3 aromatic rings. The first-order valence-corrected chi connectivity index (χ1v) is 13.2. The topological polar surface area (TPSA) is 71.5 Å². The first-order chi connectivity index (χ1) is 18.5. The monoisotopic (exact) mass is 518 g/mol. The van der Waals surface area contributed by atoms with Crippen LogP contribution < -0.4 is 14.2 Å². The molecule has 1 N–H and O–H groups in total. The Bertz CT molecular complexity index is 1210. The van der Waals surface area contributed by atoms with E-state index in [4.69, 9.17) is 14.2 Å². The number of nitrogens with zero attached hydrogens (tertiary/aromatic N) is 2. The molecule has 202 valence electrons. The van der Waals surface area contributed by atoms with Crippen molar-refractivity contribution in [3.05, 3.63) is 82.9 Å². The first kappa shape index (κ1) is 27.3. The second-order valence-corrected chi connectivity index (χ2v) is 9.77. The number of amides is 1. The molecule has 0 radical (unpaired) electrons. The van der Waals surface area contributed by atoms with Crippen LogP contribution in [0.15, 0.2) is 60.7 Å². The fourth-order valence-electron chi connectivity index (χ4n) is 4.79. The zero-order valence-electron chi connectivity index (χ0n) is 22.6. The molecule has 1 amide bonds. The Labute approximate surface area is 225 Å². The van der Waals surface area contributed by atoms with Crippen molar-refractivity contribution < 1.29 is 24.1 Å². The van der Waals surface area contributed by atoms with E-state index < -0.39 is 0 Å². The van der Waals surface area contributed by atoms with Gasteiger partial charge in [-0.1, -0.05) is 36.4 Å². The maximum atomic E-state index is 13.0. The Morgan fingerprint density at radius 1 is 0.895 bits per heavy atom. The molecule has 1 aliphatic heterocycles. The Morgan fingerprint density at radius 3 is 2.45 bits per heavy atom. The molecule has 0 atom stereocenters. The van der Waals surface area contributed by atoms with Crippen molar-refractivity contribution in [2.24, 2.45) is 0 Å². The van der Waals surface area contributed by atoms with Gasteiger partial charge >= 0.3 is 0 Å². The molecule has 7 heteroatoms. The number of hydrogen-bond acceptors (Lipinski definition) is 6. The van der Waals surface area contributed by atoms with E-state index in [-0.39, 0.29) is 11.7 Å². The molecular formula is C31H38N2O5. The van der Waals surface area contributed by atoms with Crippen molar-refractivity contribution in [3.8, 4) is 23.0 Å². The number of hydrogen-bond donors (Lipinski definition) is 1. The van der Waals surface area contributed by atoms with E-state index in [9.17, 15) is 9.90 Å². The molecule has 7 nitrogen and oxygen atoms in total. The van der Waals surface area contributed by atoms with E-state index in [1.165, 1.54) is 5.56 Å². The van der Waals surface area contributed by atoms with Crippen molar-refractivity contribution in [1.29, 1.82) is 0 Å². The standard InChI is InChI=1S/C31H38N2O5/c1-32(16-12-23-10-11-28(36-2)30(18-23)37-3)14-7-15-33-17-13-25-20-29(27(34)19-26(25)21-31(33)35)38-22-24-8-5-4-6-9-24/h4-6,8-11,18-20,34H,7,12-17,21-22H2,1-3H3. The summed E-state index contributed by atoms with van der Waals surface area (Å²) in [5.74, 6) is 2.13. The molecule has 0 aliphatic carbocycles. The second-order valence-electron chi connectivity index (χ2n) is 9.77. The van der Waals surface area contributed by atoms with Gasteiger partial charge in [0.05, 0.1) is 20.6 Å². The number of fused-ring (bicyclic) bond motifs is 1. The van der Waals surface area contributed by atoms with Crippen LogP contribution in [-0.2, 0) is 30.7 Å². The molecule has 0 saturated carbocycles. The van der Waals surface area contributed by atoms with Crippen LogP contribution in [0.5, 0.6) is 23.0 Å². The summed E-state index contributed by atoms with van der Waals surface area (Å²) in [6, 6.07) is 19.5. The van der Waals surface area contributed by atoms with Crippen molar-refractivity contribution in [2.75, 3.05) is 47.4 Å². The second kappa shape index (κ2) is 13.2. The van der Waals surface area contributed by atoms with Gasteiger partial charge in [0.2, 0.25) is 5.91 Å². The number of aromatic hydroxyl groups is 1. The molecule has 1 aliphatic rings. The Balaban J connectivity index is 1.25. The predicted octanol–water partition coefficient (Wildman–Crippen LogP) is 4.48. The SMILES string of the molecule is COc1ccc(CCN(C)CCCN2CCc3cc(OCc4ccccc4)c(O)cc3CC2=O)cc1OC. The molecule has 0 bridgehead atoms. The van der Waals surface area contributed by atoms with Crippen LogP contribution in [0.2, 0.25) is 0 Å². The number of phenols is 1. The van der Waals surface area contributed by atoms with Crippen LogP contribution in [0, 0.1) is 0 Å². The lowest BCUT2D eigenvalue weighted by Crippen LogP contribution is -2.35. The van der Waals surface area contributed by atoms with Gasteiger partial charge in [-0.25, -0.2) is 0 Å². The number of carbonyl (C=O) groups excluding carboxylic acids is 1. The molecule has 0 spiro atoms. The molecule has 38 heavy (non-hydrogen) atoms. The number of ether oxygens (including phenoxy) is 3. The van der Waals surface area contributed by atoms with E-state index in [2.05, 4.69) is 18.0 Å². The van der Waals surface area contributed by atoms with Gasteiger partial charge in [-0.15, -0.1) is 0 Å². The quantitative estimate of drug-likeness (QED) is 0.381. The van der Waals surface area contributed by atoms with Gasteiger partial charge in [-0.05, 0) is 79.4 Å². The Hall–Kier alpha value is -3.71. The minimum Gasteiger partial charge on any atom is -0.504 e. The molecule has 1 heterocycles. The van der Waals surface area contributed by atoms with Crippen LogP contribution in [0.3, 0.4) is 0 Å². The summed E-state index contributed by atoms with van der Waals surface area (Å²) in [5, 5.41) is 10.5. The van der Waals surface area contributed by atoms with Crippen molar-refractivity contribution in [3.63, 3.8) is 0 Å². The largest absolute Gasteiger partial charge is 0.504 e. The maximum absolute atomic E-state index is 13.0. The number of phenolic OH excluding ortho intramolecular Hbond substituents is 1. The number of methoxy groups -OCH3 is 2. The Kier molecular flexibility index (Phi) is 9.49. The van der Waals surface area contributed by atoms with Crippen molar-refractivity contribution >= 4 is 5.91 Å². The van der Waals surface area contributed by atoms with Gasteiger partial charge < -0.3 is 29.1 Å². The third kappa shape index (κ3) is 7.19. The highest BCUT2D eigenvalue weighted by Gasteiger charge is 2.22. The van der Waals surface area contributed by atoms with Gasteiger partial charge in [0.1, 0.15) is 6.61 Å². The number of likely N-dealkylation sites (N-methyl/N-ethyl adjacent to an activating group) is 1. The van der Waals surface area contributed by atoms with E-state index in [0.717, 1.165) is 67.1 Å². The number of benzene rings is 3. The van der Waals surface area contributed by atoms with E-state index in [1.54, 1.807) is 20.3 Å². The average molecular weight is 519 g/mol. The first-order valence-electron chi connectivity index (χ1n) is 13.2. The summed E-state index contributed by atoms with van der Waals surface area (Å²) >= 11 is 0. The highest BCUT2D eigenvalue weighted by molar-refractivity contribution is 5.80. The van der Waals surface area contributed by atoms with E-state index in [0.29, 0.717) is 25.3 Å². The van der Waals surface area contributed by atoms with Crippen LogP contribution in [0.25, 0.3) is 0 Å². The van der Waals surface area contributed by atoms with Gasteiger partial charge in [0, 0.05) is 19.6 Å². The zero-order valence-corrected chi connectivity index (χ0v) is 22.6. The minimum absolute atomic E-state index is 0.0806. The molecule has 0 saturated heterocycles. The lowest BCUT2D eigenvalue weighted by Gasteiger charge is -2.23. The van der Waals surface area contributed by atoms with Gasteiger partial charge in [0.15, 0.2) is 23.0 Å². The summed E-state index contributed by atoms with van der Waals surface area (Å²) in [6.07, 6.45) is 2.86. The molecular weight excluding hydrogens is 480 g/mol. The van der Waals surface area contributed by atoms with Gasteiger partial charge in [0.25, 0.3) is 0 Å². The molecule has 4 rings (SSSR count). The average Bonchev–Trinajstić information content (AvgIpc) is 3.08. The van der Waals surface area contributed by atoms with Crippen LogP contribution in [-0.4, -0.2) is 68.3 Å². The molecule has 0 aromatic heterocycles. The summed E-state index contributed by atoms with van der Waals surface area (Å²) in [6.45, 7) is 3.60. The summed E-state index contributed by atoms with van der Waals surface area (Å²) in [7, 11) is 5.40. The minimum atomic E-state index is 0.0806. The van der Waals surface area contributed by atoms with Crippen LogP contribution in [0.1, 0.15) is 28.7 Å². The van der Waals surface area contributed by atoms with E-state index in [1.807, 2.05) is 53.4 Å². The normalized spacial score (nSPS) is 13.3. The molecule has 0 unspecified atom stereocenters. The zero-order chi connectivity index (χ0) is 26.9. The third-order valence-corrected chi connectivity index (χ3v) is 7.06. The lowest BCUT2D eigenvalue weighted by atomic mass is 10.0. The molecule has 0 fully saturated rings. The number of rotatable bonds is 12. The highest BCUT2D eigenvalue weighted by atomic mass is 16.5. The maximum Gasteiger partial charge on any atom is 0.227 e. The third-order valence-electron chi connectivity index (χ3n) is 7.06. The fourth-order valence-corrected chi connectivity index (χ4v) is 4.79. The Morgan fingerprint density at radius 2 is 1.68 bits per heavy atom. The van der Waals surface area contributed by atoms with Crippen LogP contribution >= 0.6 is 0 Å². The summed E-state index contributed by atoms with van der Waals surface area (Å²) < 4.78 is 16.6. The van der Waals surface area contributed by atoms with Crippen LogP contribution in [0.4, 0.5) is 0 Å². The fraction of sp³-hybridized carbons (Fsp3) is 0.387. The summed E-state index contributed by atoms with van der Waals surface area (Å²) in [4.78, 5) is 17.2.